The number of pyridine rings is 1. The monoisotopic (exact) mass is 333 g/mol. The fraction of sp³-hybridized carbons (Fsp3) is 0.176. The predicted octanol–water partition coefficient (Wildman–Crippen LogP) is 2.26. The van der Waals surface area contributed by atoms with Gasteiger partial charge in [0, 0.05) is 19.1 Å². The minimum Gasteiger partial charge on any atom is -0.744 e. The summed E-state index contributed by atoms with van der Waals surface area (Å²) in [6, 6.07) is 11.4. The fourth-order valence-corrected chi connectivity index (χ4v) is 2.27. The molecule has 0 fully saturated rings. The maximum atomic E-state index is 11.1. The Balaban J connectivity index is 0.000000231. The molecule has 0 saturated carbocycles. The van der Waals surface area contributed by atoms with Gasteiger partial charge in [0.15, 0.2) is 12.7 Å². The van der Waals surface area contributed by atoms with Crippen molar-refractivity contribution in [2.24, 2.45) is 0 Å². The number of aryl methyl sites for hydroxylation is 1. The van der Waals surface area contributed by atoms with E-state index >= 15 is 0 Å². The molecular weight excluding hydrogens is 314 g/mol. The van der Waals surface area contributed by atoms with Gasteiger partial charge in [-0.15, -0.1) is 0 Å². The average molecular weight is 333 g/mol. The molecule has 1 heterocycles. The number of carbonyl (C=O) groups excluding carboxylic acids is 1. The normalized spacial score (nSPS) is 10.4. The van der Waals surface area contributed by atoms with Gasteiger partial charge in [0.05, 0.1) is 4.90 Å². The molecule has 0 bridgehead atoms. The van der Waals surface area contributed by atoms with Gasteiger partial charge in [-0.3, -0.25) is 4.79 Å². The lowest BCUT2D eigenvalue weighted by Gasteiger charge is -2.05. The van der Waals surface area contributed by atoms with Crippen molar-refractivity contribution in [3.63, 3.8) is 0 Å². The van der Waals surface area contributed by atoms with Gasteiger partial charge in [-0.2, -0.15) is 4.57 Å². The third-order valence-corrected chi connectivity index (χ3v) is 3.79. The molecule has 0 aliphatic heterocycles. The Bertz CT molecular complexity index is 780. The topological polar surface area (TPSA) is 78.1 Å². The lowest BCUT2D eigenvalue weighted by Crippen LogP contribution is -2.38. The van der Waals surface area contributed by atoms with E-state index in [0.29, 0.717) is 6.54 Å². The number of carbonyl (C=O) groups is 1. The summed E-state index contributed by atoms with van der Waals surface area (Å²) in [7, 11) is -4.27. The highest BCUT2D eigenvalue weighted by Gasteiger charge is 2.11. The van der Waals surface area contributed by atoms with E-state index in [0.717, 1.165) is 11.3 Å². The summed E-state index contributed by atoms with van der Waals surface area (Å²) < 4.78 is 33.0. The third kappa shape index (κ3) is 6.14. The minimum atomic E-state index is -4.27. The molecule has 0 atom stereocenters. The molecule has 0 amide bonds. The Morgan fingerprint density at radius 1 is 1.22 bits per heavy atom. The van der Waals surface area contributed by atoms with Crippen LogP contribution in [0.15, 0.2) is 66.2 Å². The Morgan fingerprint density at radius 3 is 2.30 bits per heavy atom. The molecule has 0 unspecified atom stereocenters. The van der Waals surface area contributed by atoms with E-state index < -0.39 is 10.1 Å². The second-order valence-electron chi connectivity index (χ2n) is 4.85. The quantitative estimate of drug-likeness (QED) is 0.372. The lowest BCUT2D eigenvalue weighted by atomic mass is 10.2. The molecular formula is C17H19NO4S. The largest absolute Gasteiger partial charge is 0.744 e. The summed E-state index contributed by atoms with van der Waals surface area (Å²) in [5.74, 6) is 0.0810. The van der Waals surface area contributed by atoms with Crippen LogP contribution in [0.5, 0.6) is 0 Å². The second kappa shape index (κ2) is 8.36. The molecule has 0 aliphatic carbocycles. The van der Waals surface area contributed by atoms with Crippen molar-refractivity contribution in [1.29, 1.82) is 0 Å². The Hall–Kier alpha value is -2.31. The average Bonchev–Trinajstić information content (AvgIpc) is 2.48. The molecule has 0 N–H and O–H groups in total. The predicted molar refractivity (Wildman–Crippen MR) is 86.0 cm³/mol. The van der Waals surface area contributed by atoms with Crippen molar-refractivity contribution in [3.05, 3.63) is 72.6 Å². The molecule has 1 aromatic carbocycles. The summed E-state index contributed by atoms with van der Waals surface area (Å²) in [5.41, 5.74) is 1.65. The van der Waals surface area contributed by atoms with Crippen LogP contribution < -0.4 is 4.57 Å². The number of rotatable bonds is 4. The van der Waals surface area contributed by atoms with Gasteiger partial charge in [0.25, 0.3) is 0 Å². The van der Waals surface area contributed by atoms with Gasteiger partial charge in [0.2, 0.25) is 11.5 Å². The van der Waals surface area contributed by atoms with E-state index in [-0.39, 0.29) is 10.7 Å². The Morgan fingerprint density at radius 2 is 1.83 bits per heavy atom. The first-order valence-corrected chi connectivity index (χ1v) is 8.29. The van der Waals surface area contributed by atoms with Crippen molar-refractivity contribution in [1.82, 2.24) is 0 Å². The van der Waals surface area contributed by atoms with Gasteiger partial charge in [-0.25, -0.2) is 8.42 Å². The van der Waals surface area contributed by atoms with E-state index in [1.54, 1.807) is 25.1 Å². The summed E-state index contributed by atoms with van der Waals surface area (Å²) in [5, 5.41) is 0. The number of Topliss-reactive ketones (excluding diaryl/α,β-unsaturated/α-hetero) is 1. The second-order valence-corrected chi connectivity index (χ2v) is 6.23. The third-order valence-electron chi connectivity index (χ3n) is 2.94. The first-order valence-electron chi connectivity index (χ1n) is 6.88. The van der Waals surface area contributed by atoms with Crippen molar-refractivity contribution < 1.29 is 22.3 Å². The molecule has 1 aromatic heterocycles. The maximum Gasteiger partial charge on any atom is 0.248 e. The molecule has 122 valence electrons. The zero-order chi connectivity index (χ0) is 17.5. The van der Waals surface area contributed by atoms with Crippen molar-refractivity contribution in [2.75, 3.05) is 0 Å². The highest BCUT2D eigenvalue weighted by Crippen LogP contribution is 2.08. The number of aromatic nitrogens is 1. The molecule has 0 aliphatic rings. The highest BCUT2D eigenvalue weighted by atomic mass is 32.2. The fourth-order valence-electron chi connectivity index (χ4n) is 1.80. The van der Waals surface area contributed by atoms with Crippen LogP contribution in [-0.2, 0) is 16.7 Å². The number of hydrogen-bond acceptors (Lipinski definition) is 4. The summed E-state index contributed by atoms with van der Waals surface area (Å²) in [6.45, 7) is 7.69. The van der Waals surface area contributed by atoms with Crippen LogP contribution in [-0.4, -0.2) is 18.8 Å². The van der Waals surface area contributed by atoms with Crippen molar-refractivity contribution in [2.45, 2.75) is 25.3 Å². The number of ketones is 1. The summed E-state index contributed by atoms with van der Waals surface area (Å²) >= 11 is 0. The van der Waals surface area contributed by atoms with Crippen LogP contribution in [0.4, 0.5) is 0 Å². The van der Waals surface area contributed by atoms with E-state index in [1.807, 2.05) is 35.9 Å². The van der Waals surface area contributed by atoms with Crippen LogP contribution in [0.2, 0.25) is 0 Å². The van der Waals surface area contributed by atoms with E-state index in [1.165, 1.54) is 12.1 Å². The summed E-state index contributed by atoms with van der Waals surface area (Å²) in [4.78, 5) is 10.9. The van der Waals surface area contributed by atoms with Crippen LogP contribution in [0.25, 0.3) is 0 Å². The molecule has 6 heteroatoms. The van der Waals surface area contributed by atoms with Crippen LogP contribution in [0, 0.1) is 6.92 Å². The number of allylic oxidation sites excluding steroid dienone is 1. The Kier molecular flexibility index (Phi) is 6.81. The van der Waals surface area contributed by atoms with E-state index in [2.05, 4.69) is 6.58 Å². The first-order chi connectivity index (χ1) is 10.8. The summed E-state index contributed by atoms with van der Waals surface area (Å²) in [6.07, 6.45) is 3.64. The van der Waals surface area contributed by atoms with E-state index in [4.69, 9.17) is 0 Å². The molecule has 5 nitrogen and oxygen atoms in total. The SMILES string of the molecule is C=CC[n+]1ccccc1C(C)=O.Cc1ccc(S(=O)(=O)[O-])cc1. The van der Waals surface area contributed by atoms with Crippen molar-refractivity contribution in [3.8, 4) is 0 Å². The number of benzene rings is 1. The number of nitrogens with zero attached hydrogens (tertiary/aromatic N) is 1. The zero-order valence-corrected chi connectivity index (χ0v) is 13.9. The lowest BCUT2D eigenvalue weighted by molar-refractivity contribution is -0.688. The molecule has 0 saturated heterocycles. The molecule has 2 rings (SSSR count). The van der Waals surface area contributed by atoms with Crippen LogP contribution in [0.3, 0.4) is 0 Å². The van der Waals surface area contributed by atoms with Crippen LogP contribution in [0.1, 0.15) is 23.0 Å². The van der Waals surface area contributed by atoms with Gasteiger partial charge < -0.3 is 4.55 Å². The highest BCUT2D eigenvalue weighted by molar-refractivity contribution is 7.85. The number of hydrogen-bond donors (Lipinski definition) is 0. The minimum absolute atomic E-state index is 0.0810. The maximum absolute atomic E-state index is 11.1. The van der Waals surface area contributed by atoms with Gasteiger partial charge >= 0.3 is 0 Å². The standard InChI is InChI=1S/C10H12NO.C7H8O3S/c1-3-7-11-8-5-4-6-10(11)9(2)12;1-6-2-4-7(5-3-6)11(8,9)10/h3-6,8H,1,7H2,2H3;2-5H,1H3,(H,8,9,10)/q+1;/p-1. The zero-order valence-electron chi connectivity index (χ0n) is 13.1. The molecule has 0 spiro atoms. The van der Waals surface area contributed by atoms with Crippen molar-refractivity contribution >= 4 is 15.9 Å². The van der Waals surface area contributed by atoms with Gasteiger partial charge in [-0.1, -0.05) is 24.3 Å². The Labute approximate surface area is 136 Å². The molecule has 2 aromatic rings. The smallest absolute Gasteiger partial charge is 0.248 e. The van der Waals surface area contributed by atoms with E-state index in [9.17, 15) is 17.8 Å². The first kappa shape index (κ1) is 18.7. The molecule has 0 radical (unpaired) electrons. The van der Waals surface area contributed by atoms with Crippen LogP contribution >= 0.6 is 0 Å². The van der Waals surface area contributed by atoms with Gasteiger partial charge in [0.1, 0.15) is 10.1 Å². The molecule has 23 heavy (non-hydrogen) atoms. The van der Waals surface area contributed by atoms with Gasteiger partial charge in [-0.05, 0) is 31.2 Å².